The van der Waals surface area contributed by atoms with Gasteiger partial charge in [-0.1, -0.05) is 60.6 Å². The molecule has 6 rings (SSSR count). The standard InChI is InChI=1S/C40H62N2O3/c1-25(2)28-16-21-40(41-33(43)24-42(8)9)23-22-38(6)30(34(28)40)14-15-32-37(5)19-17-29(26-10-12-27(13-11-26)35(44)45)36(3,4)31(37)18-20-39(32,38)7/h10-13,25,28-32,34H,14-24H2,1-9H3,(H,41,43)(H,44,45)/t28?,29-,30+,31-,32+,34+,37-,38+,39+,40-/m0/s1. The van der Waals surface area contributed by atoms with Gasteiger partial charge in [-0.05, 0) is 159 Å². The molecule has 5 aliphatic carbocycles. The van der Waals surface area contributed by atoms with Crippen LogP contribution < -0.4 is 5.32 Å². The van der Waals surface area contributed by atoms with Gasteiger partial charge in [0.25, 0.3) is 0 Å². The average molecular weight is 619 g/mol. The Labute approximate surface area is 273 Å². The van der Waals surface area contributed by atoms with Gasteiger partial charge in [0, 0.05) is 5.54 Å². The molecule has 0 aromatic heterocycles. The number of fused-ring (bicyclic) bond motifs is 7. The summed E-state index contributed by atoms with van der Waals surface area (Å²) in [5.74, 6) is 3.77. The van der Waals surface area contributed by atoms with E-state index in [2.05, 4.69) is 65.9 Å². The fourth-order valence-corrected chi connectivity index (χ4v) is 13.7. The second-order valence-corrected chi connectivity index (χ2v) is 18.4. The largest absolute Gasteiger partial charge is 0.478 e. The van der Waals surface area contributed by atoms with Gasteiger partial charge in [-0.15, -0.1) is 0 Å². The lowest BCUT2D eigenvalue weighted by atomic mass is 9.32. The highest BCUT2D eigenvalue weighted by Gasteiger charge is 2.71. The minimum Gasteiger partial charge on any atom is -0.478 e. The second kappa shape index (κ2) is 11.1. The summed E-state index contributed by atoms with van der Waals surface area (Å²) in [6, 6.07) is 7.80. The first-order valence-corrected chi connectivity index (χ1v) is 18.3. The number of carbonyl (C=O) groups excluding carboxylic acids is 1. The summed E-state index contributed by atoms with van der Waals surface area (Å²) in [7, 11) is 4.00. The molecule has 0 radical (unpaired) electrons. The van der Waals surface area contributed by atoms with Crippen LogP contribution in [-0.4, -0.2) is 48.1 Å². The maximum absolute atomic E-state index is 13.3. The molecule has 1 aromatic carbocycles. The van der Waals surface area contributed by atoms with Crippen LogP contribution >= 0.6 is 0 Å². The van der Waals surface area contributed by atoms with Crippen LogP contribution in [0.2, 0.25) is 0 Å². The lowest BCUT2D eigenvalue weighted by Gasteiger charge is -2.73. The molecule has 5 aliphatic rings. The minimum absolute atomic E-state index is 0.0350. The number of hydrogen-bond donors (Lipinski definition) is 2. The van der Waals surface area contributed by atoms with Crippen LogP contribution in [0, 0.1) is 57.2 Å². The summed E-state index contributed by atoms with van der Waals surface area (Å²) in [6.07, 6.45) is 12.4. The molecule has 0 saturated heterocycles. The Hall–Kier alpha value is -1.88. The number of carbonyl (C=O) groups is 2. The van der Waals surface area contributed by atoms with Crippen molar-refractivity contribution < 1.29 is 14.7 Å². The summed E-state index contributed by atoms with van der Waals surface area (Å²) < 4.78 is 0. The molecule has 1 aromatic rings. The maximum Gasteiger partial charge on any atom is 0.335 e. The zero-order valence-corrected chi connectivity index (χ0v) is 29.8. The van der Waals surface area contributed by atoms with E-state index in [4.69, 9.17) is 0 Å². The predicted octanol–water partition coefficient (Wildman–Crippen LogP) is 8.64. The first kappa shape index (κ1) is 33.0. The van der Waals surface area contributed by atoms with Crippen molar-refractivity contribution in [2.75, 3.05) is 20.6 Å². The first-order valence-electron chi connectivity index (χ1n) is 18.3. The van der Waals surface area contributed by atoms with Gasteiger partial charge >= 0.3 is 5.97 Å². The van der Waals surface area contributed by atoms with E-state index in [-0.39, 0.29) is 22.3 Å². The van der Waals surface area contributed by atoms with Crippen molar-refractivity contribution in [3.63, 3.8) is 0 Å². The summed E-state index contributed by atoms with van der Waals surface area (Å²) in [5, 5.41) is 13.2. The van der Waals surface area contributed by atoms with E-state index in [9.17, 15) is 14.7 Å². The second-order valence-electron chi connectivity index (χ2n) is 18.4. The van der Waals surface area contributed by atoms with Crippen molar-refractivity contribution in [3.8, 4) is 0 Å². The van der Waals surface area contributed by atoms with Gasteiger partial charge in [-0.25, -0.2) is 4.79 Å². The van der Waals surface area contributed by atoms with Gasteiger partial charge in [0.2, 0.25) is 5.91 Å². The molecule has 2 N–H and O–H groups in total. The van der Waals surface area contributed by atoms with Crippen LogP contribution in [-0.2, 0) is 4.79 Å². The van der Waals surface area contributed by atoms with Crippen LogP contribution in [0.15, 0.2) is 24.3 Å². The number of benzene rings is 1. The number of carboxylic acid groups (broad SMARTS) is 1. The van der Waals surface area contributed by atoms with Crippen LogP contribution in [0.5, 0.6) is 0 Å². The number of likely N-dealkylation sites (N-methyl/N-ethyl adjacent to an activating group) is 1. The smallest absolute Gasteiger partial charge is 0.335 e. The van der Waals surface area contributed by atoms with Crippen molar-refractivity contribution in [1.82, 2.24) is 10.2 Å². The van der Waals surface area contributed by atoms with Crippen molar-refractivity contribution in [2.45, 2.75) is 124 Å². The van der Waals surface area contributed by atoms with E-state index in [0.717, 1.165) is 12.8 Å². The van der Waals surface area contributed by atoms with Gasteiger partial charge in [-0.3, -0.25) is 4.79 Å². The highest BCUT2D eigenvalue weighted by atomic mass is 16.4. The van der Waals surface area contributed by atoms with Crippen LogP contribution in [0.25, 0.3) is 0 Å². The molecule has 5 saturated carbocycles. The molecular formula is C40H62N2O3. The van der Waals surface area contributed by atoms with Crippen molar-refractivity contribution in [2.24, 2.45) is 57.2 Å². The van der Waals surface area contributed by atoms with E-state index < -0.39 is 5.97 Å². The third-order valence-corrected chi connectivity index (χ3v) is 15.8. The molecule has 5 nitrogen and oxygen atoms in total. The van der Waals surface area contributed by atoms with Crippen LogP contribution in [0.4, 0.5) is 0 Å². The number of amides is 1. The third-order valence-electron chi connectivity index (χ3n) is 15.8. The molecular weight excluding hydrogens is 556 g/mol. The lowest BCUT2D eigenvalue weighted by molar-refractivity contribution is -0.235. The van der Waals surface area contributed by atoms with Crippen molar-refractivity contribution in [3.05, 3.63) is 35.4 Å². The molecule has 1 unspecified atom stereocenters. The molecule has 0 bridgehead atoms. The molecule has 5 fully saturated rings. The van der Waals surface area contributed by atoms with E-state index in [1.54, 1.807) is 12.1 Å². The van der Waals surface area contributed by atoms with E-state index in [1.807, 2.05) is 19.0 Å². The van der Waals surface area contributed by atoms with E-state index in [1.165, 1.54) is 56.9 Å². The number of nitrogens with zero attached hydrogens (tertiary/aromatic N) is 1. The molecule has 0 aliphatic heterocycles. The zero-order valence-electron chi connectivity index (χ0n) is 29.8. The molecule has 250 valence electrons. The van der Waals surface area contributed by atoms with Crippen LogP contribution in [0.1, 0.15) is 135 Å². The molecule has 0 heterocycles. The number of rotatable bonds is 6. The Balaban J connectivity index is 1.31. The van der Waals surface area contributed by atoms with Crippen molar-refractivity contribution in [1.29, 1.82) is 0 Å². The Kier molecular flexibility index (Phi) is 8.15. The highest BCUT2D eigenvalue weighted by Crippen LogP contribution is 2.77. The van der Waals surface area contributed by atoms with Gasteiger partial charge in [0.1, 0.15) is 0 Å². The third kappa shape index (κ3) is 4.86. The Morgan fingerprint density at radius 3 is 2.16 bits per heavy atom. The summed E-state index contributed by atoms with van der Waals surface area (Å²) in [6.45, 7) is 18.5. The molecule has 0 spiro atoms. The first-order chi connectivity index (χ1) is 21.0. The number of aromatic carboxylic acids is 1. The Bertz CT molecular complexity index is 1300. The number of hydrogen-bond acceptors (Lipinski definition) is 3. The lowest BCUT2D eigenvalue weighted by Crippen LogP contribution is -2.69. The summed E-state index contributed by atoms with van der Waals surface area (Å²) >= 11 is 0. The maximum atomic E-state index is 13.3. The fourth-order valence-electron chi connectivity index (χ4n) is 13.7. The SMILES string of the molecule is CC(C)C1CC[C@]2(NC(=O)CN(C)C)CC[C@]3(C)[C@H](CC[C@@H]4[C@@]5(C)CC[C@@H](c6ccc(C(=O)O)cc6)C(C)(C)[C@@H]5CC[C@]43C)[C@@H]12. The summed E-state index contributed by atoms with van der Waals surface area (Å²) in [5.41, 5.74) is 2.72. The van der Waals surface area contributed by atoms with E-state index in [0.29, 0.717) is 64.4 Å². The molecule has 5 heteroatoms. The van der Waals surface area contributed by atoms with Gasteiger partial charge in [-0.2, -0.15) is 0 Å². The van der Waals surface area contributed by atoms with Crippen molar-refractivity contribution >= 4 is 11.9 Å². The predicted molar refractivity (Wildman–Crippen MR) is 182 cm³/mol. The number of carboxylic acids is 1. The van der Waals surface area contributed by atoms with Gasteiger partial charge < -0.3 is 15.3 Å². The highest BCUT2D eigenvalue weighted by molar-refractivity contribution is 5.87. The Morgan fingerprint density at radius 2 is 1.53 bits per heavy atom. The quantitative estimate of drug-likeness (QED) is 0.335. The molecule has 10 atom stereocenters. The normalized spacial score (nSPS) is 43.6. The Morgan fingerprint density at radius 1 is 0.844 bits per heavy atom. The molecule has 45 heavy (non-hydrogen) atoms. The zero-order chi connectivity index (χ0) is 32.7. The summed E-state index contributed by atoms with van der Waals surface area (Å²) in [4.78, 5) is 26.9. The average Bonchev–Trinajstić information content (AvgIpc) is 3.32. The minimum atomic E-state index is -0.846. The van der Waals surface area contributed by atoms with E-state index >= 15 is 0 Å². The monoisotopic (exact) mass is 618 g/mol. The molecule has 1 amide bonds. The topological polar surface area (TPSA) is 69.6 Å². The fraction of sp³-hybridized carbons (Fsp3) is 0.800. The van der Waals surface area contributed by atoms with Crippen LogP contribution in [0.3, 0.4) is 0 Å². The van der Waals surface area contributed by atoms with Gasteiger partial charge in [0.15, 0.2) is 0 Å². The number of nitrogens with one attached hydrogen (secondary N) is 1. The van der Waals surface area contributed by atoms with Gasteiger partial charge in [0.05, 0.1) is 12.1 Å².